The zero-order valence-electron chi connectivity index (χ0n) is 14.3. The van der Waals surface area contributed by atoms with Gasteiger partial charge in [-0.25, -0.2) is 13.4 Å². The number of hydrogen-bond acceptors (Lipinski definition) is 6. The van der Waals surface area contributed by atoms with Gasteiger partial charge >= 0.3 is 0 Å². The summed E-state index contributed by atoms with van der Waals surface area (Å²) < 4.78 is 32.0. The van der Waals surface area contributed by atoms with E-state index < -0.39 is 10.0 Å². The molecule has 1 amide bonds. The second-order valence-corrected chi connectivity index (χ2v) is 8.51. The molecule has 4 rings (SSSR count). The van der Waals surface area contributed by atoms with E-state index in [1.807, 2.05) is 0 Å². The first-order valence-corrected chi connectivity index (χ1v) is 10.3. The SMILES string of the molecule is O=C(c1noc2c1CCCC2)N1CCCN(S(=O)(=O)c2cnc[nH]2)CC1. The van der Waals surface area contributed by atoms with Crippen LogP contribution in [-0.4, -0.2) is 64.8 Å². The molecule has 1 fully saturated rings. The van der Waals surface area contributed by atoms with E-state index in [-0.39, 0.29) is 17.5 Å². The fraction of sp³-hybridized carbons (Fsp3) is 0.562. The zero-order valence-corrected chi connectivity index (χ0v) is 15.2. The van der Waals surface area contributed by atoms with Gasteiger partial charge < -0.3 is 14.4 Å². The molecule has 1 N–H and O–H groups in total. The zero-order chi connectivity index (χ0) is 18.1. The molecule has 10 heteroatoms. The van der Waals surface area contributed by atoms with Gasteiger partial charge in [-0.1, -0.05) is 5.16 Å². The Hall–Kier alpha value is -2.20. The van der Waals surface area contributed by atoms with Gasteiger partial charge in [0, 0.05) is 38.2 Å². The van der Waals surface area contributed by atoms with Crippen molar-refractivity contribution in [3.05, 3.63) is 29.5 Å². The van der Waals surface area contributed by atoms with Gasteiger partial charge in [0.1, 0.15) is 5.76 Å². The van der Waals surface area contributed by atoms with Gasteiger partial charge in [0.2, 0.25) is 0 Å². The van der Waals surface area contributed by atoms with E-state index in [1.54, 1.807) is 4.90 Å². The summed E-state index contributed by atoms with van der Waals surface area (Å²) in [6.07, 6.45) is 6.93. The summed E-state index contributed by atoms with van der Waals surface area (Å²) >= 11 is 0. The monoisotopic (exact) mass is 379 g/mol. The molecular formula is C16H21N5O4S. The highest BCUT2D eigenvalue weighted by atomic mass is 32.2. The summed E-state index contributed by atoms with van der Waals surface area (Å²) in [6, 6.07) is 0. The number of sulfonamides is 1. The van der Waals surface area contributed by atoms with Crippen LogP contribution >= 0.6 is 0 Å². The number of nitrogens with one attached hydrogen (secondary N) is 1. The maximum atomic E-state index is 12.9. The first kappa shape index (κ1) is 17.2. The highest BCUT2D eigenvalue weighted by Crippen LogP contribution is 2.25. The average molecular weight is 379 g/mol. The fourth-order valence-corrected chi connectivity index (χ4v) is 4.93. The van der Waals surface area contributed by atoms with Gasteiger partial charge in [-0.05, 0) is 25.7 Å². The van der Waals surface area contributed by atoms with E-state index in [0.717, 1.165) is 37.0 Å². The predicted molar refractivity (Wildman–Crippen MR) is 91.0 cm³/mol. The number of hydrogen-bond donors (Lipinski definition) is 1. The lowest BCUT2D eigenvalue weighted by atomic mass is 9.96. The summed E-state index contributed by atoms with van der Waals surface area (Å²) in [5.74, 6) is 0.649. The summed E-state index contributed by atoms with van der Waals surface area (Å²) in [4.78, 5) is 21.0. The van der Waals surface area contributed by atoms with Crippen molar-refractivity contribution < 1.29 is 17.7 Å². The number of aryl methyl sites for hydroxylation is 1. The standard InChI is InChI=1S/C16H21N5O4S/c22-16(15-12-4-1-2-5-13(12)25-19-15)20-6-3-7-21(9-8-20)26(23,24)14-10-17-11-18-14/h10-11H,1-9H2,(H,17,18). The normalized spacial score (nSPS) is 19.2. The summed E-state index contributed by atoms with van der Waals surface area (Å²) in [5.41, 5.74) is 1.32. The van der Waals surface area contributed by atoms with Crippen molar-refractivity contribution in [3.63, 3.8) is 0 Å². The fourth-order valence-electron chi connectivity index (χ4n) is 3.56. The Morgan fingerprint density at radius 2 is 1.96 bits per heavy atom. The molecule has 0 saturated carbocycles. The maximum Gasteiger partial charge on any atom is 0.276 e. The van der Waals surface area contributed by atoms with E-state index in [0.29, 0.717) is 31.7 Å². The number of rotatable bonds is 3. The minimum absolute atomic E-state index is 0.0721. The minimum Gasteiger partial charge on any atom is -0.360 e. The Morgan fingerprint density at radius 3 is 2.77 bits per heavy atom. The largest absolute Gasteiger partial charge is 0.360 e. The van der Waals surface area contributed by atoms with Crippen LogP contribution in [0.2, 0.25) is 0 Å². The van der Waals surface area contributed by atoms with Crippen molar-refractivity contribution in [2.45, 2.75) is 37.1 Å². The first-order valence-electron chi connectivity index (χ1n) is 8.82. The van der Waals surface area contributed by atoms with Gasteiger partial charge in [0.05, 0.1) is 12.5 Å². The second kappa shape index (κ2) is 6.84. The Labute approximate surface area is 151 Å². The Morgan fingerprint density at radius 1 is 1.12 bits per heavy atom. The molecular weight excluding hydrogens is 358 g/mol. The van der Waals surface area contributed by atoms with Crippen LogP contribution in [0.5, 0.6) is 0 Å². The van der Waals surface area contributed by atoms with Crippen LogP contribution in [0.25, 0.3) is 0 Å². The maximum absolute atomic E-state index is 12.9. The van der Waals surface area contributed by atoms with Crippen molar-refractivity contribution in [3.8, 4) is 0 Å². The molecule has 2 aromatic heterocycles. The van der Waals surface area contributed by atoms with Gasteiger partial charge in [0.25, 0.3) is 15.9 Å². The topological polar surface area (TPSA) is 112 Å². The molecule has 0 aromatic carbocycles. The highest BCUT2D eigenvalue weighted by Gasteiger charge is 2.32. The van der Waals surface area contributed by atoms with E-state index in [2.05, 4.69) is 15.1 Å². The molecule has 2 aromatic rings. The van der Waals surface area contributed by atoms with Crippen molar-refractivity contribution in [2.24, 2.45) is 0 Å². The Kier molecular flexibility index (Phi) is 4.53. The third-order valence-corrected chi connectivity index (χ3v) is 6.81. The molecule has 0 unspecified atom stereocenters. The van der Waals surface area contributed by atoms with Gasteiger partial charge in [0.15, 0.2) is 10.7 Å². The molecule has 26 heavy (non-hydrogen) atoms. The smallest absolute Gasteiger partial charge is 0.276 e. The lowest BCUT2D eigenvalue weighted by Gasteiger charge is -2.21. The average Bonchev–Trinajstić information content (AvgIpc) is 3.26. The molecule has 2 aliphatic rings. The Balaban J connectivity index is 1.49. The lowest BCUT2D eigenvalue weighted by Crippen LogP contribution is -2.37. The number of amides is 1. The molecule has 140 valence electrons. The molecule has 1 aliphatic heterocycles. The molecule has 0 spiro atoms. The molecule has 0 bridgehead atoms. The second-order valence-electron chi connectivity index (χ2n) is 6.61. The van der Waals surface area contributed by atoms with Gasteiger partial charge in [-0.3, -0.25) is 4.79 Å². The van der Waals surface area contributed by atoms with Crippen molar-refractivity contribution in [2.75, 3.05) is 26.2 Å². The molecule has 3 heterocycles. The third-order valence-electron chi connectivity index (χ3n) is 4.99. The molecule has 9 nitrogen and oxygen atoms in total. The predicted octanol–water partition coefficient (Wildman–Crippen LogP) is 0.813. The molecule has 1 aliphatic carbocycles. The van der Waals surface area contributed by atoms with Crippen LogP contribution < -0.4 is 0 Å². The van der Waals surface area contributed by atoms with Crippen molar-refractivity contribution >= 4 is 15.9 Å². The number of fused-ring (bicyclic) bond motifs is 1. The highest BCUT2D eigenvalue weighted by molar-refractivity contribution is 7.89. The van der Waals surface area contributed by atoms with E-state index in [9.17, 15) is 13.2 Å². The number of aromatic nitrogens is 3. The van der Waals surface area contributed by atoms with Crippen LogP contribution in [0.4, 0.5) is 0 Å². The van der Waals surface area contributed by atoms with Crippen LogP contribution in [0.1, 0.15) is 41.1 Å². The van der Waals surface area contributed by atoms with Crippen LogP contribution in [0.15, 0.2) is 22.1 Å². The third kappa shape index (κ3) is 3.03. The summed E-state index contributed by atoms with van der Waals surface area (Å²) in [6.45, 7) is 1.43. The molecule has 0 radical (unpaired) electrons. The number of carbonyl (C=O) groups excluding carboxylic acids is 1. The molecule has 0 atom stereocenters. The van der Waals surface area contributed by atoms with E-state index in [1.165, 1.54) is 16.8 Å². The number of nitrogens with zero attached hydrogens (tertiary/aromatic N) is 4. The lowest BCUT2D eigenvalue weighted by molar-refractivity contribution is 0.0753. The molecule has 1 saturated heterocycles. The minimum atomic E-state index is -3.62. The van der Waals surface area contributed by atoms with Crippen molar-refractivity contribution in [1.82, 2.24) is 24.3 Å². The first-order chi connectivity index (χ1) is 12.6. The van der Waals surface area contributed by atoms with Crippen LogP contribution in [0, 0.1) is 0 Å². The summed E-state index contributed by atoms with van der Waals surface area (Å²) in [7, 11) is -3.62. The van der Waals surface area contributed by atoms with Gasteiger partial charge in [-0.15, -0.1) is 0 Å². The van der Waals surface area contributed by atoms with Crippen molar-refractivity contribution in [1.29, 1.82) is 0 Å². The number of H-pyrrole nitrogens is 1. The number of aromatic amines is 1. The number of imidazole rings is 1. The number of carbonyl (C=O) groups is 1. The van der Waals surface area contributed by atoms with Crippen LogP contribution in [-0.2, 0) is 22.9 Å². The van der Waals surface area contributed by atoms with Gasteiger partial charge in [-0.2, -0.15) is 4.31 Å². The summed E-state index contributed by atoms with van der Waals surface area (Å²) in [5, 5.41) is 4.07. The van der Waals surface area contributed by atoms with E-state index in [4.69, 9.17) is 4.52 Å². The van der Waals surface area contributed by atoms with Crippen LogP contribution in [0.3, 0.4) is 0 Å². The Bertz CT molecular complexity index is 890. The van der Waals surface area contributed by atoms with E-state index >= 15 is 0 Å². The quantitative estimate of drug-likeness (QED) is 0.845.